The summed E-state index contributed by atoms with van der Waals surface area (Å²) in [6.07, 6.45) is 7.60. The third kappa shape index (κ3) is 3.05. The van der Waals surface area contributed by atoms with Gasteiger partial charge in [0.15, 0.2) is 0 Å². The van der Waals surface area contributed by atoms with Crippen LogP contribution in [0.15, 0.2) is 35.2 Å². The number of amides is 1. The van der Waals surface area contributed by atoms with Crippen LogP contribution in [0.25, 0.3) is 0 Å². The molecular formula is C19H25NOS. The second-order valence-corrected chi connectivity index (χ2v) is 8.60. The molecule has 1 amide bonds. The second kappa shape index (κ2) is 6.27. The maximum Gasteiger partial charge on any atom is 0.221 e. The standard InChI is InChI=1S/C19H25NOS/c21-18(6-7-22-17-4-2-1-3-5-17)20-19-15-9-13-8-14(11-15)12-16(19)10-13/h1-5,13-16,19H,6-12H2,(H,20,21). The fourth-order valence-corrected chi connectivity index (χ4v) is 6.07. The molecule has 1 aromatic carbocycles. The van der Waals surface area contributed by atoms with Crippen LogP contribution in [0.5, 0.6) is 0 Å². The molecule has 0 atom stereocenters. The number of hydrogen-bond donors (Lipinski definition) is 1. The average Bonchev–Trinajstić information content (AvgIpc) is 2.51. The number of thioether (sulfide) groups is 1. The molecule has 0 radical (unpaired) electrons. The molecule has 22 heavy (non-hydrogen) atoms. The normalized spacial score (nSPS) is 35.5. The van der Waals surface area contributed by atoms with Gasteiger partial charge in [-0.05, 0) is 67.9 Å². The van der Waals surface area contributed by atoms with Crippen LogP contribution in [0.2, 0.25) is 0 Å². The van der Waals surface area contributed by atoms with E-state index in [1.165, 1.54) is 37.0 Å². The number of rotatable bonds is 5. The van der Waals surface area contributed by atoms with Crippen molar-refractivity contribution in [2.75, 3.05) is 5.75 Å². The molecule has 0 unspecified atom stereocenters. The van der Waals surface area contributed by atoms with Gasteiger partial charge in [-0.15, -0.1) is 11.8 Å². The van der Waals surface area contributed by atoms with Crippen LogP contribution in [0, 0.1) is 23.7 Å². The van der Waals surface area contributed by atoms with E-state index in [9.17, 15) is 4.79 Å². The molecular weight excluding hydrogens is 290 g/mol. The molecule has 118 valence electrons. The van der Waals surface area contributed by atoms with E-state index in [1.807, 2.05) is 6.07 Å². The van der Waals surface area contributed by atoms with E-state index in [0.717, 1.165) is 29.4 Å². The highest BCUT2D eigenvalue weighted by molar-refractivity contribution is 7.99. The summed E-state index contributed by atoms with van der Waals surface area (Å²) >= 11 is 1.78. The first-order valence-corrected chi connectivity index (χ1v) is 9.73. The smallest absolute Gasteiger partial charge is 0.221 e. The molecule has 4 bridgehead atoms. The van der Waals surface area contributed by atoms with Crippen molar-refractivity contribution >= 4 is 17.7 Å². The molecule has 4 saturated carbocycles. The van der Waals surface area contributed by atoms with E-state index in [1.54, 1.807) is 11.8 Å². The topological polar surface area (TPSA) is 29.1 Å². The third-order valence-corrected chi connectivity index (χ3v) is 6.91. The van der Waals surface area contributed by atoms with E-state index >= 15 is 0 Å². The predicted molar refractivity (Wildman–Crippen MR) is 90.8 cm³/mol. The Labute approximate surface area is 137 Å². The zero-order valence-corrected chi connectivity index (χ0v) is 13.9. The molecule has 0 aromatic heterocycles. The molecule has 0 aliphatic heterocycles. The monoisotopic (exact) mass is 315 g/mol. The van der Waals surface area contributed by atoms with Crippen LogP contribution < -0.4 is 5.32 Å². The fraction of sp³-hybridized carbons (Fsp3) is 0.632. The molecule has 0 heterocycles. The number of hydrogen-bond acceptors (Lipinski definition) is 2. The lowest BCUT2D eigenvalue weighted by Crippen LogP contribution is -2.55. The summed E-state index contributed by atoms with van der Waals surface area (Å²) in [5, 5.41) is 3.40. The van der Waals surface area contributed by atoms with Crippen molar-refractivity contribution in [2.24, 2.45) is 23.7 Å². The van der Waals surface area contributed by atoms with E-state index in [4.69, 9.17) is 0 Å². The second-order valence-electron chi connectivity index (χ2n) is 7.44. The summed E-state index contributed by atoms with van der Waals surface area (Å²) in [6.45, 7) is 0. The molecule has 0 saturated heterocycles. The van der Waals surface area contributed by atoms with E-state index in [-0.39, 0.29) is 5.91 Å². The van der Waals surface area contributed by atoms with Crippen LogP contribution in [-0.4, -0.2) is 17.7 Å². The Morgan fingerprint density at radius 1 is 1.00 bits per heavy atom. The summed E-state index contributed by atoms with van der Waals surface area (Å²) in [4.78, 5) is 13.6. The first kappa shape index (κ1) is 14.6. The van der Waals surface area contributed by atoms with Gasteiger partial charge < -0.3 is 5.32 Å². The average molecular weight is 315 g/mol. The Kier molecular flexibility index (Phi) is 4.17. The van der Waals surface area contributed by atoms with Gasteiger partial charge in [-0.1, -0.05) is 18.2 Å². The maximum atomic E-state index is 12.3. The first-order chi connectivity index (χ1) is 10.8. The molecule has 5 rings (SSSR count). The van der Waals surface area contributed by atoms with Crippen LogP contribution >= 0.6 is 11.8 Å². The van der Waals surface area contributed by atoms with E-state index in [2.05, 4.69) is 29.6 Å². The highest BCUT2D eigenvalue weighted by atomic mass is 32.2. The van der Waals surface area contributed by atoms with Crippen LogP contribution in [0.3, 0.4) is 0 Å². The summed E-state index contributed by atoms with van der Waals surface area (Å²) in [6, 6.07) is 10.8. The SMILES string of the molecule is O=C(CCSc1ccccc1)NC1C2CC3CC(C2)CC1C3. The molecule has 4 fully saturated rings. The Hall–Kier alpha value is -0.960. The van der Waals surface area contributed by atoms with E-state index < -0.39 is 0 Å². The highest BCUT2D eigenvalue weighted by Gasteiger charge is 2.48. The van der Waals surface area contributed by atoms with Gasteiger partial charge in [0.05, 0.1) is 0 Å². The maximum absolute atomic E-state index is 12.3. The van der Waals surface area contributed by atoms with Crippen molar-refractivity contribution in [1.82, 2.24) is 5.32 Å². The first-order valence-electron chi connectivity index (χ1n) is 8.75. The lowest BCUT2D eigenvalue weighted by atomic mass is 9.54. The minimum atomic E-state index is 0.265. The zero-order chi connectivity index (χ0) is 14.9. The van der Waals surface area contributed by atoms with Gasteiger partial charge in [-0.3, -0.25) is 4.79 Å². The number of carbonyl (C=O) groups is 1. The van der Waals surface area contributed by atoms with E-state index in [0.29, 0.717) is 12.5 Å². The third-order valence-electron chi connectivity index (χ3n) is 5.90. The number of carbonyl (C=O) groups excluding carboxylic acids is 1. The molecule has 0 spiro atoms. The summed E-state index contributed by atoms with van der Waals surface area (Å²) < 4.78 is 0. The Morgan fingerprint density at radius 2 is 1.64 bits per heavy atom. The van der Waals surface area contributed by atoms with Gasteiger partial charge in [0.1, 0.15) is 0 Å². The fourth-order valence-electron chi connectivity index (χ4n) is 5.20. The number of benzene rings is 1. The van der Waals surface area contributed by atoms with Crippen LogP contribution in [0.4, 0.5) is 0 Å². The molecule has 1 aromatic rings. The number of nitrogens with one attached hydrogen (secondary N) is 1. The van der Waals surface area contributed by atoms with Crippen molar-refractivity contribution in [3.8, 4) is 0 Å². The Bertz CT molecular complexity index is 501. The van der Waals surface area contributed by atoms with Crippen molar-refractivity contribution in [1.29, 1.82) is 0 Å². The summed E-state index contributed by atoms with van der Waals surface area (Å²) in [5.74, 6) is 4.65. The molecule has 4 aliphatic carbocycles. The van der Waals surface area contributed by atoms with Crippen molar-refractivity contribution in [3.05, 3.63) is 30.3 Å². The Balaban J connectivity index is 1.26. The lowest BCUT2D eigenvalue weighted by Gasteiger charge is -2.54. The minimum Gasteiger partial charge on any atom is -0.353 e. The van der Waals surface area contributed by atoms with Crippen molar-refractivity contribution in [2.45, 2.75) is 49.5 Å². The van der Waals surface area contributed by atoms with Crippen molar-refractivity contribution < 1.29 is 4.79 Å². The molecule has 2 nitrogen and oxygen atoms in total. The molecule has 4 aliphatic rings. The quantitative estimate of drug-likeness (QED) is 0.829. The predicted octanol–water partition coefficient (Wildman–Crippen LogP) is 4.11. The van der Waals surface area contributed by atoms with Crippen molar-refractivity contribution in [3.63, 3.8) is 0 Å². The highest BCUT2D eigenvalue weighted by Crippen LogP contribution is 2.53. The molecule has 3 heteroatoms. The molecule has 1 N–H and O–H groups in total. The van der Waals surface area contributed by atoms with Gasteiger partial charge in [-0.25, -0.2) is 0 Å². The minimum absolute atomic E-state index is 0.265. The summed E-state index contributed by atoms with van der Waals surface area (Å²) in [5.41, 5.74) is 0. The Morgan fingerprint density at radius 3 is 2.27 bits per heavy atom. The van der Waals surface area contributed by atoms with Gasteiger partial charge in [0.25, 0.3) is 0 Å². The lowest BCUT2D eigenvalue weighted by molar-refractivity contribution is -0.124. The summed E-state index contributed by atoms with van der Waals surface area (Å²) in [7, 11) is 0. The zero-order valence-electron chi connectivity index (χ0n) is 13.0. The largest absolute Gasteiger partial charge is 0.353 e. The van der Waals surface area contributed by atoms with Crippen LogP contribution in [0.1, 0.15) is 38.5 Å². The van der Waals surface area contributed by atoms with Gasteiger partial charge in [-0.2, -0.15) is 0 Å². The van der Waals surface area contributed by atoms with Gasteiger partial charge >= 0.3 is 0 Å². The van der Waals surface area contributed by atoms with Gasteiger partial charge in [0.2, 0.25) is 5.91 Å². The van der Waals surface area contributed by atoms with Crippen LogP contribution in [-0.2, 0) is 4.79 Å². The van der Waals surface area contributed by atoms with Gasteiger partial charge in [0, 0.05) is 23.1 Å².